The highest BCUT2D eigenvalue weighted by atomic mass is 127. The highest BCUT2D eigenvalue weighted by Crippen LogP contribution is 2.23. The van der Waals surface area contributed by atoms with E-state index in [1.807, 2.05) is 72.3 Å². The van der Waals surface area contributed by atoms with Crippen molar-refractivity contribution in [2.75, 3.05) is 5.32 Å². The Balaban J connectivity index is 1.70. The molecule has 6 heteroatoms. The summed E-state index contributed by atoms with van der Waals surface area (Å²) in [6, 6.07) is 19.3. The number of nitrogens with zero attached hydrogens (tertiary/aromatic N) is 3. The average Bonchev–Trinajstić information content (AvgIpc) is 2.99. The SMILES string of the molecule is Cc1nn(-c2ccccc2)c2ncc(NC(=O)c3ccccc3I)cc12. The number of fused-ring (bicyclic) bond motifs is 1. The predicted octanol–water partition coefficient (Wildman–Crippen LogP) is 4.59. The lowest BCUT2D eigenvalue weighted by Crippen LogP contribution is -2.13. The quantitative estimate of drug-likeness (QED) is 0.461. The molecule has 0 radical (unpaired) electrons. The second-order valence-corrected chi connectivity index (χ2v) is 7.02. The summed E-state index contributed by atoms with van der Waals surface area (Å²) in [7, 11) is 0. The van der Waals surface area contributed by atoms with Crippen molar-refractivity contribution in [3.63, 3.8) is 0 Å². The normalized spacial score (nSPS) is 10.8. The fraction of sp³-hybridized carbons (Fsp3) is 0.0500. The molecule has 0 saturated heterocycles. The molecule has 0 unspecified atom stereocenters. The summed E-state index contributed by atoms with van der Waals surface area (Å²) in [5, 5.41) is 8.43. The summed E-state index contributed by atoms with van der Waals surface area (Å²) < 4.78 is 2.72. The molecule has 4 aromatic rings. The molecule has 2 aromatic carbocycles. The maximum atomic E-state index is 12.5. The summed E-state index contributed by atoms with van der Waals surface area (Å²) in [6.45, 7) is 1.94. The Morgan fingerprint density at radius 1 is 1.08 bits per heavy atom. The fourth-order valence-electron chi connectivity index (χ4n) is 2.81. The van der Waals surface area contributed by atoms with Crippen molar-refractivity contribution >= 4 is 45.2 Å². The van der Waals surface area contributed by atoms with Crippen LogP contribution in [0.1, 0.15) is 16.1 Å². The molecule has 2 aromatic heterocycles. The summed E-state index contributed by atoms with van der Waals surface area (Å²) >= 11 is 2.16. The van der Waals surface area contributed by atoms with Crippen LogP contribution in [-0.2, 0) is 0 Å². The van der Waals surface area contributed by atoms with Crippen molar-refractivity contribution in [1.29, 1.82) is 0 Å². The van der Waals surface area contributed by atoms with Gasteiger partial charge < -0.3 is 5.32 Å². The fourth-order valence-corrected chi connectivity index (χ4v) is 3.44. The second-order valence-electron chi connectivity index (χ2n) is 5.86. The van der Waals surface area contributed by atoms with E-state index in [0.29, 0.717) is 11.3 Å². The molecule has 0 atom stereocenters. The van der Waals surface area contributed by atoms with E-state index in [4.69, 9.17) is 0 Å². The first-order chi connectivity index (χ1) is 12.6. The number of rotatable bonds is 3. The van der Waals surface area contributed by atoms with Crippen LogP contribution in [0.15, 0.2) is 66.9 Å². The first-order valence-electron chi connectivity index (χ1n) is 8.10. The number of pyridine rings is 1. The molecule has 5 nitrogen and oxygen atoms in total. The number of benzene rings is 2. The maximum absolute atomic E-state index is 12.5. The molecule has 128 valence electrons. The zero-order valence-corrected chi connectivity index (χ0v) is 16.1. The van der Waals surface area contributed by atoms with Crippen molar-refractivity contribution in [2.45, 2.75) is 6.92 Å². The van der Waals surface area contributed by atoms with E-state index < -0.39 is 0 Å². The Kier molecular flexibility index (Phi) is 4.42. The molecule has 0 spiro atoms. The van der Waals surface area contributed by atoms with E-state index in [9.17, 15) is 4.79 Å². The predicted molar refractivity (Wildman–Crippen MR) is 111 cm³/mol. The van der Waals surface area contributed by atoms with Crippen LogP contribution in [0.4, 0.5) is 5.69 Å². The number of amides is 1. The molecule has 0 aliphatic heterocycles. The van der Waals surface area contributed by atoms with Gasteiger partial charge in [0.25, 0.3) is 5.91 Å². The first kappa shape index (κ1) is 16.7. The van der Waals surface area contributed by atoms with Gasteiger partial charge in [-0.25, -0.2) is 9.67 Å². The van der Waals surface area contributed by atoms with Crippen molar-refractivity contribution in [3.8, 4) is 5.69 Å². The third-order valence-corrected chi connectivity index (χ3v) is 5.02. The van der Waals surface area contributed by atoms with Gasteiger partial charge in [-0.3, -0.25) is 4.79 Å². The second kappa shape index (κ2) is 6.87. The zero-order valence-electron chi connectivity index (χ0n) is 14.0. The third kappa shape index (κ3) is 3.08. The Hall–Kier alpha value is -2.74. The van der Waals surface area contributed by atoms with Gasteiger partial charge in [-0.05, 0) is 59.8 Å². The molecular weight excluding hydrogens is 439 g/mol. The highest BCUT2D eigenvalue weighted by molar-refractivity contribution is 14.1. The first-order valence-corrected chi connectivity index (χ1v) is 9.18. The van der Waals surface area contributed by atoms with Crippen LogP contribution in [0, 0.1) is 10.5 Å². The largest absolute Gasteiger partial charge is 0.321 e. The van der Waals surface area contributed by atoms with Gasteiger partial charge in [0, 0.05) is 8.96 Å². The lowest BCUT2D eigenvalue weighted by atomic mass is 10.2. The van der Waals surface area contributed by atoms with E-state index in [2.05, 4.69) is 38.0 Å². The summed E-state index contributed by atoms with van der Waals surface area (Å²) in [5.74, 6) is -0.149. The van der Waals surface area contributed by atoms with Crippen LogP contribution in [0.2, 0.25) is 0 Å². The van der Waals surface area contributed by atoms with Crippen LogP contribution >= 0.6 is 22.6 Å². The van der Waals surface area contributed by atoms with E-state index in [1.165, 1.54) is 0 Å². The van der Waals surface area contributed by atoms with Crippen molar-refractivity contribution < 1.29 is 4.79 Å². The number of carbonyl (C=O) groups is 1. The number of aryl methyl sites for hydroxylation is 1. The molecule has 0 saturated carbocycles. The standard InChI is InChI=1S/C20H15IN4O/c1-13-17-11-14(23-20(26)16-9-5-6-10-18(16)21)12-22-19(17)25(24-13)15-7-3-2-4-8-15/h2-12H,1H3,(H,23,26). The molecule has 0 aliphatic rings. The van der Waals surface area contributed by atoms with Gasteiger partial charge in [-0.15, -0.1) is 0 Å². The minimum atomic E-state index is -0.149. The molecule has 1 N–H and O–H groups in total. The number of hydrogen-bond acceptors (Lipinski definition) is 3. The van der Waals surface area contributed by atoms with Crippen LogP contribution in [0.25, 0.3) is 16.7 Å². The number of anilines is 1. The van der Waals surface area contributed by atoms with Crippen molar-refractivity contribution in [2.24, 2.45) is 0 Å². The molecule has 0 fully saturated rings. The Labute approximate surface area is 164 Å². The van der Waals surface area contributed by atoms with Gasteiger partial charge in [0.15, 0.2) is 5.65 Å². The summed E-state index contributed by atoms with van der Waals surface area (Å²) in [6.07, 6.45) is 1.66. The smallest absolute Gasteiger partial charge is 0.256 e. The molecule has 0 bridgehead atoms. The maximum Gasteiger partial charge on any atom is 0.256 e. The van der Waals surface area contributed by atoms with E-state index in [0.717, 1.165) is 26.0 Å². The average molecular weight is 454 g/mol. The third-order valence-electron chi connectivity index (χ3n) is 4.08. The van der Waals surface area contributed by atoms with Crippen molar-refractivity contribution in [1.82, 2.24) is 14.8 Å². The highest BCUT2D eigenvalue weighted by Gasteiger charge is 2.13. The van der Waals surface area contributed by atoms with E-state index in [1.54, 1.807) is 6.20 Å². The number of hydrogen-bond donors (Lipinski definition) is 1. The Morgan fingerprint density at radius 2 is 1.81 bits per heavy atom. The number of aromatic nitrogens is 3. The molecule has 2 heterocycles. The lowest BCUT2D eigenvalue weighted by Gasteiger charge is -2.07. The number of nitrogens with one attached hydrogen (secondary N) is 1. The minimum absolute atomic E-state index is 0.149. The van der Waals surface area contributed by atoms with Gasteiger partial charge in [-0.2, -0.15) is 5.10 Å². The van der Waals surface area contributed by atoms with Gasteiger partial charge in [0.05, 0.1) is 28.8 Å². The topological polar surface area (TPSA) is 59.8 Å². The van der Waals surface area contributed by atoms with Crippen LogP contribution in [0.5, 0.6) is 0 Å². The minimum Gasteiger partial charge on any atom is -0.321 e. The number of para-hydroxylation sites is 1. The van der Waals surface area contributed by atoms with Gasteiger partial charge in [0.2, 0.25) is 0 Å². The number of carbonyl (C=O) groups excluding carboxylic acids is 1. The van der Waals surface area contributed by atoms with Crippen LogP contribution < -0.4 is 5.32 Å². The summed E-state index contributed by atoms with van der Waals surface area (Å²) in [4.78, 5) is 17.0. The molecule has 26 heavy (non-hydrogen) atoms. The van der Waals surface area contributed by atoms with Crippen molar-refractivity contribution in [3.05, 3.63) is 81.7 Å². The molecular formula is C20H15IN4O. The monoisotopic (exact) mass is 454 g/mol. The zero-order chi connectivity index (χ0) is 18.1. The van der Waals surface area contributed by atoms with E-state index in [-0.39, 0.29) is 5.91 Å². The Bertz CT molecular complexity index is 1110. The van der Waals surface area contributed by atoms with Crippen LogP contribution in [-0.4, -0.2) is 20.7 Å². The van der Waals surface area contributed by atoms with Gasteiger partial charge in [-0.1, -0.05) is 30.3 Å². The number of halogens is 1. The molecule has 1 amide bonds. The van der Waals surface area contributed by atoms with Crippen LogP contribution in [0.3, 0.4) is 0 Å². The summed E-state index contributed by atoms with van der Waals surface area (Å²) in [5.41, 5.74) is 3.87. The molecule has 4 rings (SSSR count). The van der Waals surface area contributed by atoms with Gasteiger partial charge in [0.1, 0.15) is 0 Å². The van der Waals surface area contributed by atoms with E-state index >= 15 is 0 Å². The lowest BCUT2D eigenvalue weighted by molar-refractivity contribution is 0.102. The van der Waals surface area contributed by atoms with Gasteiger partial charge >= 0.3 is 0 Å². The molecule has 0 aliphatic carbocycles. The Morgan fingerprint density at radius 3 is 2.58 bits per heavy atom.